The van der Waals surface area contributed by atoms with Gasteiger partial charge in [-0.15, -0.1) is 0 Å². The largest absolute Gasteiger partial charge is 0.481 e. The molecule has 0 saturated carbocycles. The summed E-state index contributed by atoms with van der Waals surface area (Å²) in [4.78, 5) is 17.1. The van der Waals surface area contributed by atoms with Crippen molar-refractivity contribution in [2.45, 2.75) is 32.0 Å². The van der Waals surface area contributed by atoms with Crippen LogP contribution in [0.5, 0.6) is 0 Å². The Morgan fingerprint density at radius 1 is 1.07 bits per heavy atom. The van der Waals surface area contributed by atoms with Crippen LogP contribution in [0.2, 0.25) is 0 Å². The number of carbonyl (C=O) groups is 1. The second kappa shape index (κ2) is 7.06. The van der Waals surface area contributed by atoms with Crippen LogP contribution in [0.4, 0.5) is 13.2 Å². The van der Waals surface area contributed by atoms with Crippen LogP contribution in [0.25, 0.3) is 0 Å². The van der Waals surface area contributed by atoms with E-state index in [1.807, 2.05) is 26.0 Å². The van der Waals surface area contributed by atoms with Crippen molar-refractivity contribution in [2.75, 3.05) is 0 Å². The van der Waals surface area contributed by atoms with Gasteiger partial charge in [-0.3, -0.25) is 4.79 Å². The molecular formula is C20H18F3NO3. The first kappa shape index (κ1) is 18.9. The molecule has 0 radical (unpaired) electrons. The van der Waals surface area contributed by atoms with Crippen LogP contribution in [0.15, 0.2) is 53.7 Å². The third kappa shape index (κ3) is 3.82. The van der Waals surface area contributed by atoms with E-state index in [1.54, 1.807) is 12.1 Å². The molecule has 2 aromatic rings. The van der Waals surface area contributed by atoms with E-state index in [-0.39, 0.29) is 5.71 Å². The van der Waals surface area contributed by atoms with Gasteiger partial charge in [-0.2, -0.15) is 13.2 Å². The van der Waals surface area contributed by atoms with Crippen LogP contribution in [-0.4, -0.2) is 16.8 Å². The molecule has 0 aromatic heterocycles. The summed E-state index contributed by atoms with van der Waals surface area (Å²) in [7, 11) is 0. The van der Waals surface area contributed by atoms with Crippen molar-refractivity contribution >= 4 is 11.7 Å². The number of nitrogens with zero attached hydrogens (tertiary/aromatic N) is 1. The Bertz CT molecular complexity index is 856. The third-order valence-corrected chi connectivity index (χ3v) is 4.57. The van der Waals surface area contributed by atoms with Crippen LogP contribution in [0.1, 0.15) is 48.1 Å². The topological polar surface area (TPSA) is 58.9 Å². The maximum absolute atomic E-state index is 12.7. The van der Waals surface area contributed by atoms with Gasteiger partial charge in [0.15, 0.2) is 6.10 Å². The van der Waals surface area contributed by atoms with Gasteiger partial charge in [0.2, 0.25) is 0 Å². The molecule has 0 saturated heterocycles. The van der Waals surface area contributed by atoms with Gasteiger partial charge in [0, 0.05) is 5.56 Å². The Hall–Kier alpha value is -2.83. The van der Waals surface area contributed by atoms with E-state index in [9.17, 15) is 23.1 Å². The molecule has 7 heteroatoms. The number of oxime groups is 1. The number of hydrogen-bond acceptors (Lipinski definition) is 3. The van der Waals surface area contributed by atoms with E-state index >= 15 is 0 Å². The lowest BCUT2D eigenvalue weighted by molar-refractivity contribution is -0.142. The van der Waals surface area contributed by atoms with Crippen molar-refractivity contribution in [3.05, 3.63) is 70.8 Å². The van der Waals surface area contributed by atoms with Gasteiger partial charge >= 0.3 is 12.1 Å². The van der Waals surface area contributed by atoms with Crippen molar-refractivity contribution in [3.8, 4) is 0 Å². The molecular weight excluding hydrogens is 359 g/mol. The van der Waals surface area contributed by atoms with E-state index in [2.05, 4.69) is 5.16 Å². The van der Waals surface area contributed by atoms with Gasteiger partial charge in [0.1, 0.15) is 11.6 Å². The summed E-state index contributed by atoms with van der Waals surface area (Å²) in [5, 5.41) is 13.6. The molecule has 0 amide bonds. The molecule has 0 bridgehead atoms. The number of aliphatic carboxylic acids is 1. The first-order valence-electron chi connectivity index (χ1n) is 8.42. The highest BCUT2D eigenvalue weighted by atomic mass is 19.4. The van der Waals surface area contributed by atoms with Crippen molar-refractivity contribution < 1.29 is 27.9 Å². The van der Waals surface area contributed by atoms with Gasteiger partial charge in [0.25, 0.3) is 0 Å². The van der Waals surface area contributed by atoms with Gasteiger partial charge in [0.05, 0.1) is 5.56 Å². The number of hydrogen-bond donors (Lipinski definition) is 1. The van der Waals surface area contributed by atoms with Gasteiger partial charge in [-0.1, -0.05) is 55.4 Å². The van der Waals surface area contributed by atoms with Crippen LogP contribution in [-0.2, 0) is 15.8 Å². The Morgan fingerprint density at radius 2 is 1.67 bits per heavy atom. The zero-order valence-corrected chi connectivity index (χ0v) is 14.7. The number of carboxylic acids is 1. The molecule has 1 aliphatic rings. The van der Waals surface area contributed by atoms with Crippen LogP contribution in [0.3, 0.4) is 0 Å². The van der Waals surface area contributed by atoms with Crippen LogP contribution < -0.4 is 0 Å². The maximum Gasteiger partial charge on any atom is 0.416 e. The molecule has 1 heterocycles. The zero-order valence-electron chi connectivity index (χ0n) is 14.7. The summed E-state index contributed by atoms with van der Waals surface area (Å²) in [6.45, 7) is 4.10. The average Bonchev–Trinajstić information content (AvgIpc) is 3.06. The highest BCUT2D eigenvalue weighted by Gasteiger charge is 2.42. The highest BCUT2D eigenvalue weighted by molar-refractivity contribution is 6.12. The second-order valence-corrected chi connectivity index (χ2v) is 6.71. The van der Waals surface area contributed by atoms with E-state index in [0.29, 0.717) is 17.0 Å². The second-order valence-electron chi connectivity index (χ2n) is 6.71. The number of carboxylic acid groups (broad SMARTS) is 1. The molecule has 27 heavy (non-hydrogen) atoms. The summed E-state index contributed by atoms with van der Waals surface area (Å²) in [5.74, 6) is -1.92. The van der Waals surface area contributed by atoms with Gasteiger partial charge < -0.3 is 9.94 Å². The minimum Gasteiger partial charge on any atom is -0.481 e. The lowest BCUT2D eigenvalue weighted by atomic mass is 9.88. The monoisotopic (exact) mass is 377 g/mol. The molecule has 2 aromatic carbocycles. The van der Waals surface area contributed by atoms with E-state index in [4.69, 9.17) is 4.84 Å². The maximum atomic E-state index is 12.7. The van der Waals surface area contributed by atoms with Gasteiger partial charge in [-0.25, -0.2) is 0 Å². The van der Waals surface area contributed by atoms with Gasteiger partial charge in [-0.05, 0) is 29.2 Å². The normalized spacial score (nSPS) is 19.7. The Morgan fingerprint density at radius 3 is 2.15 bits per heavy atom. The predicted molar refractivity (Wildman–Crippen MR) is 93.5 cm³/mol. The number of rotatable bonds is 4. The van der Waals surface area contributed by atoms with Crippen molar-refractivity contribution in [1.82, 2.24) is 0 Å². The Labute approximate surface area is 154 Å². The molecule has 0 fully saturated rings. The fourth-order valence-corrected chi connectivity index (χ4v) is 3.01. The number of halogens is 3. The summed E-state index contributed by atoms with van der Waals surface area (Å²) >= 11 is 0. The molecule has 3 rings (SSSR count). The first-order chi connectivity index (χ1) is 12.7. The Kier molecular flexibility index (Phi) is 4.95. The number of alkyl halides is 3. The quantitative estimate of drug-likeness (QED) is 0.815. The van der Waals surface area contributed by atoms with Crippen molar-refractivity contribution in [1.29, 1.82) is 0 Å². The fraction of sp³-hybridized carbons (Fsp3) is 0.300. The lowest BCUT2D eigenvalue weighted by Gasteiger charge is -2.16. The van der Waals surface area contributed by atoms with Crippen molar-refractivity contribution in [2.24, 2.45) is 11.1 Å². The van der Waals surface area contributed by atoms with E-state index in [0.717, 1.165) is 17.7 Å². The van der Waals surface area contributed by atoms with Crippen LogP contribution in [0, 0.1) is 5.92 Å². The fourth-order valence-electron chi connectivity index (χ4n) is 3.01. The predicted octanol–water partition coefficient (Wildman–Crippen LogP) is 5.01. The molecule has 0 spiro atoms. The zero-order chi connectivity index (χ0) is 19.8. The molecule has 4 nitrogen and oxygen atoms in total. The Balaban J connectivity index is 1.88. The highest BCUT2D eigenvalue weighted by Crippen LogP contribution is 2.37. The average molecular weight is 377 g/mol. The van der Waals surface area contributed by atoms with E-state index < -0.39 is 29.7 Å². The SMILES string of the molecule is CC(C)c1ccc(C2=NOC(c3ccc(C(F)(F)F)cc3)C2C(=O)O)cc1. The molecule has 0 aliphatic carbocycles. The molecule has 2 atom stereocenters. The van der Waals surface area contributed by atoms with E-state index in [1.165, 1.54) is 12.1 Å². The standard InChI is InChI=1S/C20H18F3NO3/c1-11(2)12-3-5-13(6-4-12)17-16(19(25)26)18(27-24-17)14-7-9-15(10-8-14)20(21,22)23/h3-11,16,18H,1-2H3,(H,25,26). The lowest BCUT2D eigenvalue weighted by Crippen LogP contribution is -2.27. The molecule has 2 unspecified atom stereocenters. The smallest absolute Gasteiger partial charge is 0.416 e. The van der Waals surface area contributed by atoms with Crippen molar-refractivity contribution in [3.63, 3.8) is 0 Å². The minimum atomic E-state index is -4.46. The summed E-state index contributed by atoms with van der Waals surface area (Å²) in [6, 6.07) is 11.6. The first-order valence-corrected chi connectivity index (χ1v) is 8.42. The summed E-state index contributed by atoms with van der Waals surface area (Å²) in [6.07, 6.45) is -5.44. The van der Waals surface area contributed by atoms with Crippen LogP contribution >= 0.6 is 0 Å². The molecule has 1 N–H and O–H groups in total. The third-order valence-electron chi connectivity index (χ3n) is 4.57. The summed E-state index contributed by atoms with van der Waals surface area (Å²) in [5.41, 5.74) is 1.49. The molecule has 1 aliphatic heterocycles. The minimum absolute atomic E-state index is 0.253. The summed E-state index contributed by atoms with van der Waals surface area (Å²) < 4.78 is 38.2. The molecule has 142 valence electrons. The number of benzene rings is 2.